The second kappa shape index (κ2) is 6.96. The number of cyclic esters (lactones) is 1. The van der Waals surface area contributed by atoms with Crippen molar-refractivity contribution in [2.24, 2.45) is 4.99 Å². The Hall–Kier alpha value is -3.60. The van der Waals surface area contributed by atoms with Gasteiger partial charge in [-0.15, -0.1) is 0 Å². The van der Waals surface area contributed by atoms with Crippen LogP contribution in [0.4, 0.5) is 0 Å². The first-order chi connectivity index (χ1) is 13.2. The summed E-state index contributed by atoms with van der Waals surface area (Å²) in [6.07, 6.45) is 1.75. The predicted octanol–water partition coefficient (Wildman–Crippen LogP) is 4.20. The summed E-state index contributed by atoms with van der Waals surface area (Å²) in [5, 5.41) is 2.15. The van der Waals surface area contributed by atoms with Crippen LogP contribution in [0, 0.1) is 0 Å². The van der Waals surface area contributed by atoms with Crippen molar-refractivity contribution in [1.29, 1.82) is 0 Å². The summed E-state index contributed by atoms with van der Waals surface area (Å²) in [6, 6.07) is 19.2. The van der Waals surface area contributed by atoms with E-state index in [-0.39, 0.29) is 11.6 Å². The van der Waals surface area contributed by atoms with Crippen molar-refractivity contribution in [3.63, 3.8) is 0 Å². The number of esters is 1. The number of hydrogen-bond donors (Lipinski definition) is 0. The number of rotatable bonds is 4. The summed E-state index contributed by atoms with van der Waals surface area (Å²) >= 11 is 0. The van der Waals surface area contributed by atoms with Gasteiger partial charge in [0.2, 0.25) is 5.90 Å². The largest absolute Gasteiger partial charge is 0.497 e. The highest BCUT2D eigenvalue weighted by atomic mass is 16.6. The van der Waals surface area contributed by atoms with Crippen molar-refractivity contribution < 1.29 is 19.0 Å². The van der Waals surface area contributed by atoms with E-state index in [2.05, 4.69) is 4.99 Å². The molecule has 3 aromatic rings. The van der Waals surface area contributed by atoms with Crippen LogP contribution in [0.3, 0.4) is 0 Å². The Kier molecular flexibility index (Phi) is 4.34. The molecule has 0 unspecified atom stereocenters. The molecular weight excluding hydrogens is 342 g/mol. The fourth-order valence-electron chi connectivity index (χ4n) is 2.99. The molecule has 0 saturated carbocycles. The molecule has 27 heavy (non-hydrogen) atoms. The molecule has 0 spiro atoms. The van der Waals surface area contributed by atoms with E-state index in [0.29, 0.717) is 17.1 Å². The van der Waals surface area contributed by atoms with Crippen molar-refractivity contribution >= 4 is 28.7 Å². The maximum absolute atomic E-state index is 12.3. The highest BCUT2D eigenvalue weighted by Crippen LogP contribution is 2.27. The Morgan fingerprint density at radius 1 is 0.926 bits per heavy atom. The molecule has 0 fully saturated rings. The van der Waals surface area contributed by atoms with Crippen molar-refractivity contribution in [1.82, 2.24) is 0 Å². The van der Waals surface area contributed by atoms with Gasteiger partial charge in [0.1, 0.15) is 11.5 Å². The fraction of sp³-hybridized carbons (Fsp3) is 0.0909. The lowest BCUT2D eigenvalue weighted by molar-refractivity contribution is -0.129. The molecule has 0 atom stereocenters. The van der Waals surface area contributed by atoms with E-state index < -0.39 is 5.97 Å². The van der Waals surface area contributed by atoms with E-state index in [4.69, 9.17) is 14.2 Å². The van der Waals surface area contributed by atoms with Crippen LogP contribution in [-0.4, -0.2) is 26.1 Å². The molecule has 4 rings (SSSR count). The summed E-state index contributed by atoms with van der Waals surface area (Å²) < 4.78 is 15.9. The second-order valence-electron chi connectivity index (χ2n) is 6.01. The first kappa shape index (κ1) is 16.8. The van der Waals surface area contributed by atoms with E-state index in [9.17, 15) is 4.79 Å². The minimum Gasteiger partial charge on any atom is -0.497 e. The summed E-state index contributed by atoms with van der Waals surface area (Å²) in [5.41, 5.74) is 1.78. The van der Waals surface area contributed by atoms with Crippen molar-refractivity contribution in [2.45, 2.75) is 0 Å². The lowest BCUT2D eigenvalue weighted by Gasteiger charge is -2.07. The summed E-state index contributed by atoms with van der Waals surface area (Å²) in [4.78, 5) is 16.7. The average molecular weight is 359 g/mol. The Labute approximate surface area is 156 Å². The molecular formula is C22H17NO4. The molecule has 1 heterocycles. The fourth-order valence-corrected chi connectivity index (χ4v) is 2.99. The number of carbonyl (C=O) groups excluding carboxylic acids is 1. The van der Waals surface area contributed by atoms with Crippen LogP contribution in [0.25, 0.3) is 16.8 Å². The zero-order valence-electron chi connectivity index (χ0n) is 14.9. The first-order valence-electron chi connectivity index (χ1n) is 8.42. The monoisotopic (exact) mass is 359 g/mol. The van der Waals surface area contributed by atoms with Gasteiger partial charge in [0.15, 0.2) is 5.70 Å². The molecule has 3 aromatic carbocycles. The number of methoxy groups -OCH3 is 2. The summed E-state index contributed by atoms with van der Waals surface area (Å²) in [6.45, 7) is 0. The zero-order chi connectivity index (χ0) is 18.8. The van der Waals surface area contributed by atoms with E-state index in [1.54, 1.807) is 38.5 Å². The second-order valence-corrected chi connectivity index (χ2v) is 6.01. The number of aliphatic imine (C=N–C) groups is 1. The van der Waals surface area contributed by atoms with Gasteiger partial charge in [-0.3, -0.25) is 0 Å². The summed E-state index contributed by atoms with van der Waals surface area (Å²) in [7, 11) is 3.12. The maximum Gasteiger partial charge on any atom is 0.363 e. The molecule has 134 valence electrons. The smallest absolute Gasteiger partial charge is 0.363 e. The van der Waals surface area contributed by atoms with E-state index in [1.807, 2.05) is 42.5 Å². The molecule has 0 bridgehead atoms. The Morgan fingerprint density at radius 3 is 2.37 bits per heavy atom. The zero-order valence-corrected chi connectivity index (χ0v) is 14.9. The lowest BCUT2D eigenvalue weighted by atomic mass is 10.0. The minimum atomic E-state index is -0.486. The standard InChI is InChI=1S/C22H17NO4/c1-25-17-10-16(11-18(13-17)26-2)21-23-20(22(24)27-21)12-15-8-5-7-14-6-3-4-9-19(14)15/h3-13H,1-2H3/b20-12-. The van der Waals surface area contributed by atoms with Crippen LogP contribution >= 0.6 is 0 Å². The topological polar surface area (TPSA) is 57.1 Å². The first-order valence-corrected chi connectivity index (χ1v) is 8.42. The molecule has 5 heteroatoms. The quantitative estimate of drug-likeness (QED) is 0.517. The molecule has 1 aliphatic rings. The average Bonchev–Trinajstić information content (AvgIpc) is 3.08. The van der Waals surface area contributed by atoms with Gasteiger partial charge >= 0.3 is 5.97 Å². The SMILES string of the molecule is COc1cc(OC)cc(C2=N/C(=C\c3cccc4ccccc34)C(=O)O2)c1. The van der Waals surface area contributed by atoms with E-state index >= 15 is 0 Å². The molecule has 1 aliphatic heterocycles. The van der Waals surface area contributed by atoms with Gasteiger partial charge < -0.3 is 14.2 Å². The van der Waals surface area contributed by atoms with Crippen molar-refractivity contribution in [3.05, 3.63) is 77.5 Å². The van der Waals surface area contributed by atoms with Gasteiger partial charge in [-0.2, -0.15) is 0 Å². The Balaban J connectivity index is 1.76. The van der Waals surface area contributed by atoms with Crippen molar-refractivity contribution in [3.8, 4) is 11.5 Å². The number of nitrogens with zero attached hydrogens (tertiary/aromatic N) is 1. The van der Waals surface area contributed by atoms with Gasteiger partial charge in [0.25, 0.3) is 0 Å². The van der Waals surface area contributed by atoms with Gasteiger partial charge in [-0.05, 0) is 34.5 Å². The van der Waals surface area contributed by atoms with Crippen molar-refractivity contribution in [2.75, 3.05) is 14.2 Å². The number of carbonyl (C=O) groups is 1. The minimum absolute atomic E-state index is 0.226. The summed E-state index contributed by atoms with van der Waals surface area (Å²) in [5.74, 6) is 0.924. The van der Waals surface area contributed by atoms with Crippen LogP contribution in [0.1, 0.15) is 11.1 Å². The number of hydrogen-bond acceptors (Lipinski definition) is 5. The van der Waals surface area contributed by atoms with Crippen LogP contribution in [0.15, 0.2) is 71.4 Å². The van der Waals surface area contributed by atoms with Crippen LogP contribution in [0.2, 0.25) is 0 Å². The van der Waals surface area contributed by atoms with Gasteiger partial charge in [0, 0.05) is 11.6 Å². The molecule has 0 aromatic heterocycles. The van der Waals surface area contributed by atoms with Gasteiger partial charge in [-0.1, -0.05) is 42.5 Å². The third-order valence-corrected chi connectivity index (χ3v) is 4.33. The molecule has 0 aliphatic carbocycles. The maximum atomic E-state index is 12.3. The number of fused-ring (bicyclic) bond motifs is 1. The van der Waals surface area contributed by atoms with Gasteiger partial charge in [0.05, 0.1) is 14.2 Å². The third-order valence-electron chi connectivity index (χ3n) is 4.33. The molecule has 5 nitrogen and oxygen atoms in total. The Morgan fingerprint density at radius 2 is 1.63 bits per heavy atom. The van der Waals surface area contributed by atoms with Gasteiger partial charge in [-0.25, -0.2) is 9.79 Å². The third kappa shape index (κ3) is 3.27. The Bertz CT molecular complexity index is 1070. The molecule has 0 radical (unpaired) electrons. The van der Waals surface area contributed by atoms with Crippen LogP contribution in [-0.2, 0) is 9.53 Å². The molecule has 0 saturated heterocycles. The van der Waals surface area contributed by atoms with E-state index in [1.165, 1.54) is 0 Å². The van der Waals surface area contributed by atoms with Crippen LogP contribution in [0.5, 0.6) is 11.5 Å². The normalized spacial score (nSPS) is 15.0. The number of benzene rings is 3. The molecule has 0 amide bonds. The van der Waals surface area contributed by atoms with Crippen LogP contribution < -0.4 is 9.47 Å². The highest BCUT2D eigenvalue weighted by Gasteiger charge is 2.25. The molecule has 0 N–H and O–H groups in total. The highest BCUT2D eigenvalue weighted by molar-refractivity contribution is 6.13. The lowest BCUT2D eigenvalue weighted by Crippen LogP contribution is -2.06. The predicted molar refractivity (Wildman–Crippen MR) is 104 cm³/mol. The number of ether oxygens (including phenoxy) is 3. The van der Waals surface area contributed by atoms with E-state index in [0.717, 1.165) is 16.3 Å².